The van der Waals surface area contributed by atoms with Gasteiger partial charge in [-0.2, -0.15) is 13.2 Å². The molecule has 0 aliphatic heterocycles. The second-order valence-corrected chi connectivity index (χ2v) is 13.0. The van der Waals surface area contributed by atoms with Crippen molar-refractivity contribution in [2.24, 2.45) is 5.92 Å². The number of nitrogens with zero attached hydrogens (tertiary/aromatic N) is 2. The van der Waals surface area contributed by atoms with E-state index >= 15 is 0 Å². The van der Waals surface area contributed by atoms with Gasteiger partial charge in [-0.05, 0) is 47.4 Å². The summed E-state index contributed by atoms with van der Waals surface area (Å²) in [6.07, 6.45) is -3.94. The number of hydrogen-bond acceptors (Lipinski definition) is 5. The Bertz CT molecular complexity index is 1550. The highest BCUT2D eigenvalue weighted by atomic mass is 35.5. The molecule has 0 saturated carbocycles. The maximum atomic E-state index is 14.1. The molecule has 0 aliphatic carbocycles. The second kappa shape index (κ2) is 14.8. The number of rotatable bonds is 13. The molecule has 1 atom stereocenters. The number of benzene rings is 3. The number of alkyl halides is 3. The van der Waals surface area contributed by atoms with Crippen LogP contribution >= 0.6 is 11.6 Å². The molecule has 0 heterocycles. The fourth-order valence-corrected chi connectivity index (χ4v) is 5.54. The molecular formula is C31H35ClF3N3O5S. The zero-order valence-corrected chi connectivity index (χ0v) is 26.3. The fourth-order valence-electron chi connectivity index (χ4n) is 4.42. The topological polar surface area (TPSA) is 96.0 Å². The largest absolute Gasteiger partial charge is 0.497 e. The fraction of sp³-hybridized carbons (Fsp3) is 0.355. The van der Waals surface area contributed by atoms with Gasteiger partial charge in [-0.3, -0.25) is 13.9 Å². The number of methoxy groups -OCH3 is 1. The van der Waals surface area contributed by atoms with Gasteiger partial charge in [-0.25, -0.2) is 8.42 Å². The minimum Gasteiger partial charge on any atom is -0.497 e. The molecule has 8 nitrogen and oxygen atoms in total. The average Bonchev–Trinajstić information content (AvgIpc) is 2.96. The lowest BCUT2D eigenvalue weighted by atomic mass is 10.0. The first kappa shape index (κ1) is 34.7. The second-order valence-electron chi connectivity index (χ2n) is 10.7. The van der Waals surface area contributed by atoms with E-state index < -0.39 is 51.9 Å². The van der Waals surface area contributed by atoms with Crippen LogP contribution in [-0.2, 0) is 38.8 Å². The summed E-state index contributed by atoms with van der Waals surface area (Å²) >= 11 is 6.19. The van der Waals surface area contributed by atoms with Crippen molar-refractivity contribution in [3.8, 4) is 5.75 Å². The molecule has 0 saturated heterocycles. The van der Waals surface area contributed by atoms with E-state index in [9.17, 15) is 31.2 Å². The van der Waals surface area contributed by atoms with E-state index in [4.69, 9.17) is 16.3 Å². The number of sulfonamides is 1. The number of amides is 2. The summed E-state index contributed by atoms with van der Waals surface area (Å²) in [6, 6.07) is 16.9. The number of hydrogen-bond donors (Lipinski definition) is 1. The zero-order valence-electron chi connectivity index (χ0n) is 24.8. The monoisotopic (exact) mass is 653 g/mol. The Hall–Kier alpha value is -3.77. The van der Waals surface area contributed by atoms with E-state index in [2.05, 4.69) is 5.32 Å². The van der Waals surface area contributed by atoms with Crippen LogP contribution in [0.2, 0.25) is 5.02 Å². The molecule has 3 rings (SSSR count). The third-order valence-electron chi connectivity index (χ3n) is 6.66. The molecule has 1 N–H and O–H groups in total. The molecule has 0 fully saturated rings. The maximum absolute atomic E-state index is 14.1. The van der Waals surface area contributed by atoms with E-state index in [0.29, 0.717) is 28.2 Å². The van der Waals surface area contributed by atoms with Gasteiger partial charge < -0.3 is 15.0 Å². The van der Waals surface area contributed by atoms with Gasteiger partial charge in [0.25, 0.3) is 0 Å². The molecule has 0 spiro atoms. The number of halogens is 4. The lowest BCUT2D eigenvalue weighted by Crippen LogP contribution is -2.53. The summed E-state index contributed by atoms with van der Waals surface area (Å²) in [4.78, 5) is 29.0. The summed E-state index contributed by atoms with van der Waals surface area (Å²) in [6.45, 7) is 3.10. The Balaban J connectivity index is 2.12. The van der Waals surface area contributed by atoms with Crippen molar-refractivity contribution in [1.29, 1.82) is 0 Å². The summed E-state index contributed by atoms with van der Waals surface area (Å²) in [7, 11) is -2.85. The molecule has 0 bridgehead atoms. The van der Waals surface area contributed by atoms with Gasteiger partial charge in [-0.15, -0.1) is 0 Å². The van der Waals surface area contributed by atoms with Crippen molar-refractivity contribution in [3.63, 3.8) is 0 Å². The van der Waals surface area contributed by atoms with Crippen LogP contribution in [0.25, 0.3) is 0 Å². The normalized spacial score (nSPS) is 12.5. The van der Waals surface area contributed by atoms with Crippen molar-refractivity contribution in [2.75, 3.05) is 30.8 Å². The third kappa shape index (κ3) is 9.62. The zero-order chi connectivity index (χ0) is 32.7. The molecule has 0 aliphatic rings. The molecule has 238 valence electrons. The average molecular weight is 654 g/mol. The minimum atomic E-state index is -4.79. The summed E-state index contributed by atoms with van der Waals surface area (Å²) in [5.41, 5.74) is -0.333. The highest BCUT2D eigenvalue weighted by Crippen LogP contribution is 2.36. The van der Waals surface area contributed by atoms with E-state index in [1.807, 2.05) is 13.8 Å². The summed E-state index contributed by atoms with van der Waals surface area (Å²) < 4.78 is 72.3. The predicted octanol–water partition coefficient (Wildman–Crippen LogP) is 5.55. The predicted molar refractivity (Wildman–Crippen MR) is 164 cm³/mol. The minimum absolute atomic E-state index is 0.0870. The molecule has 0 radical (unpaired) electrons. The number of nitrogens with one attached hydrogen (secondary N) is 1. The van der Waals surface area contributed by atoms with E-state index in [1.165, 1.54) is 12.0 Å². The lowest BCUT2D eigenvalue weighted by Gasteiger charge is -2.34. The Morgan fingerprint density at radius 3 is 2.23 bits per heavy atom. The van der Waals surface area contributed by atoms with Crippen molar-refractivity contribution in [1.82, 2.24) is 10.2 Å². The molecule has 1 unspecified atom stereocenters. The number of carbonyl (C=O) groups is 2. The Kier molecular flexibility index (Phi) is 11.7. The highest BCUT2D eigenvalue weighted by Gasteiger charge is 2.36. The standard InChI is InChI=1S/C31H35ClF3N3O5S/c1-21(2)18-36-30(40)28(16-22-9-6-5-7-10-22)37(19-23-11-8-12-25(15-23)43-3)29(39)20-38(44(4,41)42)27-17-24(31(33,34)35)13-14-26(27)32/h5-15,17,21,28H,16,18-20H2,1-4H3,(H,36,40). The van der Waals surface area contributed by atoms with Crippen LogP contribution in [-0.4, -0.2) is 57.6 Å². The molecule has 3 aromatic carbocycles. The number of carbonyl (C=O) groups excluding carboxylic acids is 2. The lowest BCUT2D eigenvalue weighted by molar-refractivity contribution is -0.140. The van der Waals surface area contributed by atoms with Crippen molar-refractivity contribution in [3.05, 3.63) is 94.5 Å². The van der Waals surface area contributed by atoms with Crippen LogP contribution in [0.1, 0.15) is 30.5 Å². The van der Waals surface area contributed by atoms with Gasteiger partial charge in [0, 0.05) is 19.5 Å². The number of ether oxygens (including phenoxy) is 1. The van der Waals surface area contributed by atoms with Gasteiger partial charge in [0.1, 0.15) is 18.3 Å². The van der Waals surface area contributed by atoms with Gasteiger partial charge in [0.05, 0.1) is 29.6 Å². The smallest absolute Gasteiger partial charge is 0.416 e. The summed E-state index contributed by atoms with van der Waals surface area (Å²) in [5, 5.41) is 2.56. The van der Waals surface area contributed by atoms with Gasteiger partial charge in [-0.1, -0.05) is 67.9 Å². The van der Waals surface area contributed by atoms with E-state index in [1.54, 1.807) is 54.6 Å². The van der Waals surface area contributed by atoms with Gasteiger partial charge in [0.15, 0.2) is 0 Å². The summed E-state index contributed by atoms with van der Waals surface area (Å²) in [5.74, 6) is -0.705. The van der Waals surface area contributed by atoms with Crippen molar-refractivity contribution in [2.45, 2.75) is 39.0 Å². The Labute approximate surface area is 260 Å². The van der Waals surface area contributed by atoms with Crippen LogP contribution in [0.15, 0.2) is 72.8 Å². The molecule has 3 aromatic rings. The van der Waals surface area contributed by atoms with Gasteiger partial charge in [0.2, 0.25) is 21.8 Å². The van der Waals surface area contributed by atoms with Crippen LogP contribution in [0.5, 0.6) is 5.75 Å². The van der Waals surface area contributed by atoms with E-state index in [-0.39, 0.29) is 23.9 Å². The van der Waals surface area contributed by atoms with Gasteiger partial charge >= 0.3 is 6.18 Å². The van der Waals surface area contributed by atoms with Crippen LogP contribution in [0.3, 0.4) is 0 Å². The molecule has 2 amide bonds. The van der Waals surface area contributed by atoms with Crippen molar-refractivity contribution < 1.29 is 35.9 Å². The molecule has 44 heavy (non-hydrogen) atoms. The SMILES string of the molecule is COc1cccc(CN(C(=O)CN(c2cc(C(F)(F)F)ccc2Cl)S(C)(=O)=O)C(Cc2ccccc2)C(=O)NCC(C)C)c1. The highest BCUT2D eigenvalue weighted by molar-refractivity contribution is 7.92. The van der Waals surface area contributed by atoms with Crippen molar-refractivity contribution >= 4 is 39.1 Å². The first-order valence-corrected chi connectivity index (χ1v) is 15.9. The molecule has 13 heteroatoms. The van der Waals surface area contributed by atoms with E-state index in [0.717, 1.165) is 24.0 Å². The quantitative estimate of drug-likeness (QED) is 0.261. The first-order chi connectivity index (χ1) is 20.6. The maximum Gasteiger partial charge on any atom is 0.416 e. The molecule has 0 aromatic heterocycles. The Morgan fingerprint density at radius 2 is 1.64 bits per heavy atom. The third-order valence-corrected chi connectivity index (χ3v) is 8.11. The van der Waals surface area contributed by atoms with Crippen LogP contribution in [0, 0.1) is 5.92 Å². The van der Waals surface area contributed by atoms with Crippen LogP contribution in [0.4, 0.5) is 18.9 Å². The molecular weight excluding hydrogens is 619 g/mol. The Morgan fingerprint density at radius 1 is 0.977 bits per heavy atom. The number of anilines is 1. The van der Waals surface area contributed by atoms with Crippen LogP contribution < -0.4 is 14.4 Å². The first-order valence-electron chi connectivity index (χ1n) is 13.7.